The van der Waals surface area contributed by atoms with Gasteiger partial charge in [0.2, 0.25) is 0 Å². The lowest BCUT2D eigenvalue weighted by molar-refractivity contribution is -0.167. The van der Waals surface area contributed by atoms with Gasteiger partial charge in [-0.2, -0.15) is 0 Å². The minimum atomic E-state index is -0.770. The van der Waals surface area contributed by atoms with Gasteiger partial charge in [0.05, 0.1) is 0 Å². The number of ether oxygens (including phenoxy) is 3. The molecule has 6 heteroatoms. The van der Waals surface area contributed by atoms with Crippen LogP contribution in [0.1, 0.15) is 355 Å². The second-order valence-electron chi connectivity index (χ2n) is 22.0. The van der Waals surface area contributed by atoms with E-state index in [1.54, 1.807) is 0 Å². The van der Waals surface area contributed by atoms with Gasteiger partial charge in [-0.05, 0) is 77.0 Å². The van der Waals surface area contributed by atoms with E-state index < -0.39 is 6.10 Å². The van der Waals surface area contributed by atoms with Crippen LogP contribution in [0.25, 0.3) is 0 Å². The molecule has 0 N–H and O–H groups in total. The molecule has 0 fully saturated rings. The molecule has 0 radical (unpaired) electrons. The smallest absolute Gasteiger partial charge is 0.306 e. The molecule has 0 spiro atoms. The first kappa shape index (κ1) is 70.6. The van der Waals surface area contributed by atoms with Gasteiger partial charge in [0.25, 0.3) is 0 Å². The van der Waals surface area contributed by atoms with Crippen LogP contribution in [0.3, 0.4) is 0 Å². The molecule has 0 rings (SSSR count). The minimum Gasteiger partial charge on any atom is -0.462 e. The third-order valence-electron chi connectivity index (χ3n) is 14.6. The Kier molecular flexibility index (Phi) is 60.2. The molecule has 0 saturated carbocycles. The first-order chi connectivity index (χ1) is 36.0. The molecule has 0 heterocycles. The molecule has 0 aromatic heterocycles. The maximum Gasteiger partial charge on any atom is 0.306 e. The lowest BCUT2D eigenvalue weighted by atomic mass is 10.0. The summed E-state index contributed by atoms with van der Waals surface area (Å²) in [6, 6.07) is 0. The third-order valence-corrected chi connectivity index (χ3v) is 14.6. The van der Waals surface area contributed by atoms with Crippen LogP contribution in [0.2, 0.25) is 0 Å². The summed E-state index contributed by atoms with van der Waals surface area (Å²) in [5.74, 6) is -0.849. The van der Waals surface area contributed by atoms with Crippen LogP contribution >= 0.6 is 0 Å². The van der Waals surface area contributed by atoms with Crippen molar-refractivity contribution < 1.29 is 28.6 Å². The van der Waals surface area contributed by atoms with E-state index in [-0.39, 0.29) is 31.1 Å². The highest BCUT2D eigenvalue weighted by molar-refractivity contribution is 5.71. The number of hydrogen-bond donors (Lipinski definition) is 0. The second-order valence-corrected chi connectivity index (χ2v) is 22.0. The van der Waals surface area contributed by atoms with Crippen LogP contribution in [0.5, 0.6) is 0 Å². The second kappa shape index (κ2) is 62.2. The van der Waals surface area contributed by atoms with Crippen LogP contribution in [0.15, 0.2) is 36.5 Å². The number of esters is 3. The first-order valence-electron chi connectivity index (χ1n) is 32.5. The number of carbonyl (C=O) groups is 3. The normalized spacial score (nSPS) is 12.2. The molecule has 0 bridgehead atoms. The van der Waals surface area contributed by atoms with Crippen molar-refractivity contribution in [3.63, 3.8) is 0 Å². The zero-order valence-electron chi connectivity index (χ0n) is 49.2. The molecule has 0 aliphatic carbocycles. The van der Waals surface area contributed by atoms with Crippen molar-refractivity contribution in [2.24, 2.45) is 0 Å². The average Bonchev–Trinajstić information content (AvgIpc) is 3.39. The van der Waals surface area contributed by atoms with Crippen molar-refractivity contribution >= 4 is 17.9 Å². The van der Waals surface area contributed by atoms with Gasteiger partial charge in [-0.1, -0.05) is 295 Å². The molecule has 0 amide bonds. The van der Waals surface area contributed by atoms with Crippen molar-refractivity contribution in [3.8, 4) is 0 Å². The summed E-state index contributed by atoms with van der Waals surface area (Å²) in [7, 11) is 0. The summed E-state index contributed by atoms with van der Waals surface area (Å²) in [5, 5.41) is 0. The number of allylic oxidation sites excluding steroid dienone is 6. The van der Waals surface area contributed by atoms with Crippen LogP contribution < -0.4 is 0 Å². The molecule has 1 atom stereocenters. The summed E-state index contributed by atoms with van der Waals surface area (Å²) in [5.41, 5.74) is 0. The van der Waals surface area contributed by atoms with E-state index in [1.165, 1.54) is 250 Å². The average molecular weight is 1030 g/mol. The summed E-state index contributed by atoms with van der Waals surface area (Å²) in [4.78, 5) is 38.3. The SMILES string of the molecule is CCCCCCC/C=C\C/C=C\CCCCCCCCCCCCCCCC(=O)OCC(COC(=O)CCCCCCCCCCCCC)OC(=O)CCCCCCCCCCC/C=C\CCCCCCCC. The molecule has 6 nitrogen and oxygen atoms in total. The van der Waals surface area contributed by atoms with E-state index in [9.17, 15) is 14.4 Å². The van der Waals surface area contributed by atoms with E-state index in [4.69, 9.17) is 14.2 Å². The molecular weight excluding hydrogens is 901 g/mol. The molecule has 0 aromatic carbocycles. The fourth-order valence-electron chi connectivity index (χ4n) is 9.71. The Labute approximate surface area is 455 Å². The van der Waals surface area contributed by atoms with Gasteiger partial charge < -0.3 is 14.2 Å². The Morgan fingerprint density at radius 2 is 0.493 bits per heavy atom. The Hall–Kier alpha value is -2.37. The van der Waals surface area contributed by atoms with Crippen molar-refractivity contribution in [3.05, 3.63) is 36.5 Å². The summed E-state index contributed by atoms with van der Waals surface area (Å²) >= 11 is 0. The number of carbonyl (C=O) groups excluding carboxylic acids is 3. The van der Waals surface area contributed by atoms with Crippen LogP contribution in [0.4, 0.5) is 0 Å². The fourth-order valence-corrected chi connectivity index (χ4v) is 9.71. The predicted octanol–water partition coefficient (Wildman–Crippen LogP) is 22.0. The van der Waals surface area contributed by atoms with Gasteiger partial charge in [0, 0.05) is 19.3 Å². The maximum absolute atomic E-state index is 12.9. The topological polar surface area (TPSA) is 78.9 Å². The summed E-state index contributed by atoms with van der Waals surface area (Å²) in [6.45, 7) is 6.67. The standard InChI is InChI=1S/C67H124O6/c1-4-7-10-13-16-19-22-24-26-28-30-31-32-33-34-35-37-38-40-42-45-48-51-54-57-60-66(69)72-63-64(62-71-65(68)59-56-53-50-47-44-21-18-15-12-9-6-3)73-67(70)61-58-55-52-49-46-43-41-39-36-29-27-25-23-20-17-14-11-8-5-2/h22,24-25,27-28,30,64H,4-21,23,26,29,31-63H2,1-3H3/b24-22-,27-25-,30-28-. The lowest BCUT2D eigenvalue weighted by Crippen LogP contribution is -2.30. The Balaban J connectivity index is 4.22. The Morgan fingerprint density at radius 1 is 0.274 bits per heavy atom. The molecular formula is C67H124O6. The predicted molar refractivity (Wildman–Crippen MR) is 316 cm³/mol. The van der Waals surface area contributed by atoms with E-state index in [0.29, 0.717) is 19.3 Å². The lowest BCUT2D eigenvalue weighted by Gasteiger charge is -2.18. The molecule has 0 saturated heterocycles. The van der Waals surface area contributed by atoms with Crippen LogP contribution in [-0.2, 0) is 28.6 Å². The van der Waals surface area contributed by atoms with E-state index in [1.807, 2.05) is 0 Å². The molecule has 428 valence electrons. The van der Waals surface area contributed by atoms with Crippen molar-refractivity contribution in [1.82, 2.24) is 0 Å². The largest absolute Gasteiger partial charge is 0.462 e. The highest BCUT2D eigenvalue weighted by atomic mass is 16.6. The summed E-state index contributed by atoms with van der Waals surface area (Å²) < 4.78 is 16.9. The minimum absolute atomic E-state index is 0.0684. The Bertz CT molecular complexity index is 1220. The molecule has 73 heavy (non-hydrogen) atoms. The number of rotatable bonds is 60. The fraction of sp³-hybridized carbons (Fsp3) is 0.866. The van der Waals surface area contributed by atoms with E-state index >= 15 is 0 Å². The molecule has 1 unspecified atom stereocenters. The molecule has 0 aliphatic rings. The molecule has 0 aromatic rings. The van der Waals surface area contributed by atoms with Crippen molar-refractivity contribution in [1.29, 1.82) is 0 Å². The highest BCUT2D eigenvalue weighted by Gasteiger charge is 2.19. The van der Waals surface area contributed by atoms with Gasteiger partial charge in [0.1, 0.15) is 13.2 Å². The highest BCUT2D eigenvalue weighted by Crippen LogP contribution is 2.17. The van der Waals surface area contributed by atoms with Crippen LogP contribution in [0, 0.1) is 0 Å². The van der Waals surface area contributed by atoms with Gasteiger partial charge in [-0.25, -0.2) is 0 Å². The van der Waals surface area contributed by atoms with E-state index in [0.717, 1.165) is 64.2 Å². The van der Waals surface area contributed by atoms with Crippen molar-refractivity contribution in [2.45, 2.75) is 361 Å². The van der Waals surface area contributed by atoms with Gasteiger partial charge in [-0.15, -0.1) is 0 Å². The molecule has 0 aliphatic heterocycles. The van der Waals surface area contributed by atoms with Crippen molar-refractivity contribution in [2.75, 3.05) is 13.2 Å². The van der Waals surface area contributed by atoms with Gasteiger partial charge in [-0.3, -0.25) is 14.4 Å². The van der Waals surface area contributed by atoms with Gasteiger partial charge in [0.15, 0.2) is 6.10 Å². The monoisotopic (exact) mass is 1020 g/mol. The zero-order valence-corrected chi connectivity index (χ0v) is 49.2. The first-order valence-corrected chi connectivity index (χ1v) is 32.5. The zero-order chi connectivity index (χ0) is 52.9. The number of hydrogen-bond acceptors (Lipinski definition) is 6. The summed E-state index contributed by atoms with van der Waals surface area (Å²) in [6.07, 6.45) is 75.8. The van der Waals surface area contributed by atoms with Gasteiger partial charge >= 0.3 is 17.9 Å². The number of unbranched alkanes of at least 4 members (excludes halogenated alkanes) is 43. The van der Waals surface area contributed by atoms with Crippen LogP contribution in [-0.4, -0.2) is 37.2 Å². The maximum atomic E-state index is 12.9. The third kappa shape index (κ3) is 60.4. The van der Waals surface area contributed by atoms with E-state index in [2.05, 4.69) is 57.2 Å². The quantitative estimate of drug-likeness (QED) is 0.0261. The Morgan fingerprint density at radius 3 is 0.767 bits per heavy atom.